The second-order valence-electron chi connectivity index (χ2n) is 4.91. The van der Waals surface area contributed by atoms with Crippen molar-refractivity contribution < 1.29 is 0 Å². The Kier molecular flexibility index (Phi) is 1.91. The zero-order valence-corrected chi connectivity index (χ0v) is 9.15. The second kappa shape index (κ2) is 2.88. The average Bonchev–Trinajstić information content (AvgIpc) is 2.46. The fourth-order valence-corrected chi connectivity index (χ4v) is 2.05. The van der Waals surface area contributed by atoms with E-state index in [0.29, 0.717) is 0 Å². The van der Waals surface area contributed by atoms with Crippen LogP contribution in [0.15, 0.2) is 24.8 Å². The lowest BCUT2D eigenvalue weighted by atomic mass is 9.82. The highest BCUT2D eigenvalue weighted by atomic mass is 14.9. The fourth-order valence-electron chi connectivity index (χ4n) is 2.05. The fraction of sp³-hybridized carbons (Fsp3) is 0.385. The van der Waals surface area contributed by atoms with Crippen LogP contribution in [-0.4, -0.2) is 0 Å². The van der Waals surface area contributed by atoms with Gasteiger partial charge in [-0.2, -0.15) is 0 Å². The molecule has 0 unspecified atom stereocenters. The molecule has 0 fully saturated rings. The Labute approximate surface area is 85.8 Å². The number of hydrogen-bond donors (Lipinski definition) is 1. The Bertz CT molecular complexity index is 383. The van der Waals surface area contributed by atoms with Crippen LogP contribution in [0.3, 0.4) is 0 Å². The van der Waals surface area contributed by atoms with E-state index in [0.717, 1.165) is 12.2 Å². The van der Waals surface area contributed by atoms with Crippen molar-refractivity contribution in [1.29, 1.82) is 0 Å². The third kappa shape index (κ3) is 1.33. The Hall–Kier alpha value is -1.24. The molecule has 1 heterocycles. The first-order chi connectivity index (χ1) is 6.50. The van der Waals surface area contributed by atoms with Crippen LogP contribution >= 0.6 is 0 Å². The number of fused-ring (bicyclic) bond motifs is 1. The molecule has 0 atom stereocenters. The predicted molar refractivity (Wildman–Crippen MR) is 61.0 cm³/mol. The zero-order valence-electron chi connectivity index (χ0n) is 9.15. The van der Waals surface area contributed by atoms with Crippen molar-refractivity contribution in [3.8, 4) is 0 Å². The highest BCUT2D eigenvalue weighted by Gasteiger charge is 2.23. The number of nitrogens with one attached hydrogen (secondary N) is 1. The number of benzene rings is 1. The smallest absolute Gasteiger partial charge is 0.0410 e. The van der Waals surface area contributed by atoms with Gasteiger partial charge in [0.15, 0.2) is 0 Å². The molecule has 14 heavy (non-hydrogen) atoms. The Morgan fingerprint density at radius 2 is 2.00 bits per heavy atom. The van der Waals surface area contributed by atoms with Crippen LogP contribution in [0.2, 0.25) is 0 Å². The monoisotopic (exact) mass is 187 g/mol. The van der Waals surface area contributed by atoms with Crippen LogP contribution in [0.25, 0.3) is 5.70 Å². The van der Waals surface area contributed by atoms with Gasteiger partial charge in [0.1, 0.15) is 0 Å². The van der Waals surface area contributed by atoms with Gasteiger partial charge in [0, 0.05) is 17.8 Å². The van der Waals surface area contributed by atoms with Gasteiger partial charge in [-0.1, -0.05) is 45.5 Å². The maximum absolute atomic E-state index is 4.01. The average molecular weight is 187 g/mol. The van der Waals surface area contributed by atoms with Crippen LogP contribution in [0.1, 0.15) is 37.5 Å². The highest BCUT2D eigenvalue weighted by molar-refractivity contribution is 5.70. The van der Waals surface area contributed by atoms with Gasteiger partial charge < -0.3 is 5.32 Å². The molecule has 1 nitrogen and oxygen atoms in total. The maximum atomic E-state index is 4.01. The minimum Gasteiger partial charge on any atom is -0.381 e. The molecule has 0 saturated heterocycles. The van der Waals surface area contributed by atoms with E-state index in [1.165, 1.54) is 16.7 Å². The molecular formula is C13H17N. The minimum absolute atomic E-state index is 0.220. The SMILES string of the molecule is C=C1NCc2c1cccc2C(C)(C)C. The molecule has 0 aromatic heterocycles. The van der Waals surface area contributed by atoms with Gasteiger partial charge in [-0.3, -0.25) is 0 Å². The molecule has 0 radical (unpaired) electrons. The highest BCUT2D eigenvalue weighted by Crippen LogP contribution is 2.33. The molecule has 1 aromatic carbocycles. The molecule has 1 aromatic rings. The lowest BCUT2D eigenvalue weighted by Crippen LogP contribution is -2.14. The van der Waals surface area contributed by atoms with Gasteiger partial charge in [0.2, 0.25) is 0 Å². The summed E-state index contributed by atoms with van der Waals surface area (Å²) in [5, 5.41) is 3.30. The molecule has 1 heteroatoms. The summed E-state index contributed by atoms with van der Waals surface area (Å²) < 4.78 is 0. The van der Waals surface area contributed by atoms with E-state index >= 15 is 0 Å². The van der Waals surface area contributed by atoms with E-state index in [1.807, 2.05) is 0 Å². The van der Waals surface area contributed by atoms with Crippen molar-refractivity contribution in [2.24, 2.45) is 0 Å². The summed E-state index contributed by atoms with van der Waals surface area (Å²) in [6.07, 6.45) is 0. The number of rotatable bonds is 0. The summed E-state index contributed by atoms with van der Waals surface area (Å²) in [4.78, 5) is 0. The normalized spacial score (nSPS) is 15.2. The summed E-state index contributed by atoms with van der Waals surface area (Å²) in [5.41, 5.74) is 5.42. The van der Waals surface area contributed by atoms with Crippen molar-refractivity contribution >= 4 is 5.70 Å². The first kappa shape index (κ1) is 9.32. The third-order valence-corrected chi connectivity index (χ3v) is 2.79. The van der Waals surface area contributed by atoms with E-state index in [9.17, 15) is 0 Å². The summed E-state index contributed by atoms with van der Waals surface area (Å²) >= 11 is 0. The molecule has 0 amide bonds. The van der Waals surface area contributed by atoms with E-state index in [-0.39, 0.29) is 5.41 Å². The molecule has 2 rings (SSSR count). The van der Waals surface area contributed by atoms with Crippen LogP contribution in [0.5, 0.6) is 0 Å². The van der Waals surface area contributed by atoms with Gasteiger partial charge in [0.25, 0.3) is 0 Å². The predicted octanol–water partition coefficient (Wildman–Crippen LogP) is 3.06. The van der Waals surface area contributed by atoms with Crippen LogP contribution < -0.4 is 5.32 Å². The van der Waals surface area contributed by atoms with Crippen molar-refractivity contribution in [2.45, 2.75) is 32.7 Å². The van der Waals surface area contributed by atoms with Gasteiger partial charge >= 0.3 is 0 Å². The lowest BCUT2D eigenvalue weighted by Gasteiger charge is -2.22. The second-order valence-corrected chi connectivity index (χ2v) is 4.91. The Morgan fingerprint density at radius 1 is 1.29 bits per heavy atom. The standard InChI is InChI=1S/C13H17N/c1-9-10-6-5-7-12(13(2,3)4)11(10)8-14-9/h5-7,14H,1,8H2,2-4H3. The summed E-state index contributed by atoms with van der Waals surface area (Å²) in [6, 6.07) is 6.49. The van der Waals surface area contributed by atoms with Gasteiger partial charge in [0.05, 0.1) is 0 Å². The molecule has 1 N–H and O–H groups in total. The molecule has 0 bridgehead atoms. The minimum atomic E-state index is 0.220. The molecule has 1 aliphatic rings. The van der Waals surface area contributed by atoms with Crippen molar-refractivity contribution in [3.63, 3.8) is 0 Å². The van der Waals surface area contributed by atoms with E-state index in [1.54, 1.807) is 0 Å². The topological polar surface area (TPSA) is 12.0 Å². The van der Waals surface area contributed by atoms with Crippen molar-refractivity contribution in [1.82, 2.24) is 5.32 Å². The Balaban J connectivity index is 2.60. The van der Waals surface area contributed by atoms with Gasteiger partial charge in [-0.25, -0.2) is 0 Å². The van der Waals surface area contributed by atoms with Crippen molar-refractivity contribution in [2.75, 3.05) is 0 Å². The maximum Gasteiger partial charge on any atom is 0.0410 e. The summed E-state index contributed by atoms with van der Waals surface area (Å²) in [5.74, 6) is 0. The first-order valence-electron chi connectivity index (χ1n) is 5.05. The third-order valence-electron chi connectivity index (χ3n) is 2.79. The van der Waals surface area contributed by atoms with Crippen LogP contribution in [-0.2, 0) is 12.0 Å². The van der Waals surface area contributed by atoms with E-state index in [4.69, 9.17) is 0 Å². The molecule has 0 spiro atoms. The Morgan fingerprint density at radius 3 is 2.64 bits per heavy atom. The molecule has 74 valence electrons. The largest absolute Gasteiger partial charge is 0.381 e. The van der Waals surface area contributed by atoms with Gasteiger partial charge in [-0.05, 0) is 16.5 Å². The zero-order chi connectivity index (χ0) is 10.3. The van der Waals surface area contributed by atoms with E-state index in [2.05, 4.69) is 50.9 Å². The molecule has 0 aliphatic carbocycles. The summed E-state index contributed by atoms with van der Waals surface area (Å²) in [7, 11) is 0. The molecular weight excluding hydrogens is 170 g/mol. The van der Waals surface area contributed by atoms with E-state index < -0.39 is 0 Å². The molecule has 0 saturated carbocycles. The number of hydrogen-bond acceptors (Lipinski definition) is 1. The van der Waals surface area contributed by atoms with Gasteiger partial charge in [-0.15, -0.1) is 0 Å². The molecule has 1 aliphatic heterocycles. The quantitative estimate of drug-likeness (QED) is 0.658. The summed E-state index contributed by atoms with van der Waals surface area (Å²) in [6.45, 7) is 11.7. The van der Waals surface area contributed by atoms with Crippen molar-refractivity contribution in [3.05, 3.63) is 41.5 Å². The van der Waals surface area contributed by atoms with Crippen LogP contribution in [0.4, 0.5) is 0 Å². The first-order valence-corrected chi connectivity index (χ1v) is 5.05. The van der Waals surface area contributed by atoms with Crippen LogP contribution in [0, 0.1) is 0 Å². The lowest BCUT2D eigenvalue weighted by molar-refractivity contribution is 0.582.